The molecule has 0 fully saturated rings. The van der Waals surface area contributed by atoms with Crippen molar-refractivity contribution in [1.29, 1.82) is 0 Å². The number of nitrogens with zero attached hydrogens (tertiary/aromatic N) is 3. The first-order chi connectivity index (χ1) is 8.36. The van der Waals surface area contributed by atoms with Gasteiger partial charge in [0.05, 0.1) is 12.4 Å². The Morgan fingerprint density at radius 3 is 2.71 bits per heavy atom. The lowest BCUT2D eigenvalue weighted by Crippen LogP contribution is -1.81. The summed E-state index contributed by atoms with van der Waals surface area (Å²) in [4.78, 5) is 3.92. The normalized spacial score (nSPS) is 12.9. The Balaban J connectivity index is 2.63. The van der Waals surface area contributed by atoms with Gasteiger partial charge in [-0.05, 0) is 30.2 Å². The summed E-state index contributed by atoms with van der Waals surface area (Å²) in [5.74, 6) is 0. The Kier molecular flexibility index (Phi) is 5.96. The number of pyridine rings is 1. The Morgan fingerprint density at radius 2 is 2.06 bits per heavy atom. The third kappa shape index (κ3) is 5.37. The van der Waals surface area contributed by atoms with E-state index in [1.165, 1.54) is 0 Å². The molecule has 86 valence electrons. The van der Waals surface area contributed by atoms with Crippen LogP contribution in [0.5, 0.6) is 0 Å². The number of allylic oxidation sites excluding steroid dienone is 5. The summed E-state index contributed by atoms with van der Waals surface area (Å²) < 4.78 is 0. The molecular weight excluding hydrogens is 210 g/mol. The van der Waals surface area contributed by atoms with Crippen LogP contribution < -0.4 is 0 Å². The third-order valence-electron chi connectivity index (χ3n) is 1.86. The quantitative estimate of drug-likeness (QED) is 0.431. The summed E-state index contributed by atoms with van der Waals surface area (Å²) >= 11 is 0. The van der Waals surface area contributed by atoms with Crippen molar-refractivity contribution in [3.63, 3.8) is 0 Å². The maximum Gasteiger partial charge on any atom is 0.0569 e. The summed E-state index contributed by atoms with van der Waals surface area (Å²) in [6, 6.07) is 3.73. The van der Waals surface area contributed by atoms with Crippen LogP contribution in [0, 0.1) is 0 Å². The molecule has 3 nitrogen and oxygen atoms in total. The molecule has 0 unspecified atom stereocenters. The first kappa shape index (κ1) is 12.8. The molecule has 0 aromatic carbocycles. The van der Waals surface area contributed by atoms with E-state index in [9.17, 15) is 0 Å². The summed E-state index contributed by atoms with van der Waals surface area (Å²) in [5.41, 5.74) is 1.92. The van der Waals surface area contributed by atoms with Crippen molar-refractivity contribution >= 4 is 12.4 Å². The average Bonchev–Trinajstić information content (AvgIpc) is 2.36. The molecule has 0 saturated heterocycles. The molecule has 0 N–H and O–H groups in total. The SMILES string of the molecule is C=C/C=C(\C=C/C)/C=N/N=C/c1ccncc1. The molecule has 0 spiro atoms. The minimum atomic E-state index is 0.953. The van der Waals surface area contributed by atoms with E-state index in [1.807, 2.05) is 37.3 Å². The summed E-state index contributed by atoms with van der Waals surface area (Å²) in [7, 11) is 0. The molecule has 0 radical (unpaired) electrons. The predicted octanol–water partition coefficient (Wildman–Crippen LogP) is 3.17. The molecule has 0 aliphatic carbocycles. The van der Waals surface area contributed by atoms with Gasteiger partial charge < -0.3 is 0 Å². The highest BCUT2D eigenvalue weighted by Crippen LogP contribution is 1.95. The largest absolute Gasteiger partial charge is 0.265 e. The highest BCUT2D eigenvalue weighted by molar-refractivity contribution is 5.84. The first-order valence-corrected chi connectivity index (χ1v) is 5.28. The van der Waals surface area contributed by atoms with Crippen molar-refractivity contribution in [1.82, 2.24) is 4.98 Å². The van der Waals surface area contributed by atoms with Gasteiger partial charge >= 0.3 is 0 Å². The molecule has 0 saturated carbocycles. The molecular formula is C14H15N3. The van der Waals surface area contributed by atoms with E-state index >= 15 is 0 Å². The zero-order valence-electron chi connectivity index (χ0n) is 9.82. The Hall–Kier alpha value is -2.29. The number of hydrogen-bond donors (Lipinski definition) is 0. The smallest absolute Gasteiger partial charge is 0.0569 e. The fourth-order valence-electron chi connectivity index (χ4n) is 1.12. The second-order valence-electron chi connectivity index (χ2n) is 3.17. The van der Waals surface area contributed by atoms with Crippen molar-refractivity contribution in [2.45, 2.75) is 6.92 Å². The molecule has 3 heteroatoms. The van der Waals surface area contributed by atoms with Crippen LogP contribution in [-0.2, 0) is 0 Å². The maximum atomic E-state index is 3.96. The number of hydrogen-bond acceptors (Lipinski definition) is 3. The molecule has 0 aliphatic rings. The minimum absolute atomic E-state index is 0.953. The Bertz CT molecular complexity index is 454. The number of rotatable bonds is 5. The third-order valence-corrected chi connectivity index (χ3v) is 1.86. The van der Waals surface area contributed by atoms with Gasteiger partial charge in [0.25, 0.3) is 0 Å². The van der Waals surface area contributed by atoms with Gasteiger partial charge in [0.15, 0.2) is 0 Å². The summed E-state index contributed by atoms with van der Waals surface area (Å²) in [6.45, 7) is 5.59. The van der Waals surface area contributed by atoms with Crippen LogP contribution in [-0.4, -0.2) is 17.4 Å². The fourth-order valence-corrected chi connectivity index (χ4v) is 1.12. The van der Waals surface area contributed by atoms with Gasteiger partial charge in [-0.3, -0.25) is 4.98 Å². The van der Waals surface area contributed by atoms with Crippen LogP contribution >= 0.6 is 0 Å². The topological polar surface area (TPSA) is 37.6 Å². The van der Waals surface area contributed by atoms with Gasteiger partial charge in [-0.25, -0.2) is 0 Å². The lowest BCUT2D eigenvalue weighted by Gasteiger charge is -1.89. The van der Waals surface area contributed by atoms with Gasteiger partial charge in [-0.1, -0.05) is 30.9 Å². The number of aromatic nitrogens is 1. The van der Waals surface area contributed by atoms with Crippen LogP contribution in [0.15, 0.2) is 71.2 Å². The van der Waals surface area contributed by atoms with E-state index in [-0.39, 0.29) is 0 Å². The van der Waals surface area contributed by atoms with E-state index in [1.54, 1.807) is 30.9 Å². The maximum absolute atomic E-state index is 3.96. The molecule has 1 heterocycles. The molecule has 1 aromatic rings. The van der Waals surface area contributed by atoms with Gasteiger partial charge in [-0.2, -0.15) is 10.2 Å². The Morgan fingerprint density at radius 1 is 1.29 bits per heavy atom. The molecule has 0 aliphatic heterocycles. The van der Waals surface area contributed by atoms with Crippen molar-refractivity contribution in [3.05, 3.63) is 66.5 Å². The predicted molar refractivity (Wildman–Crippen MR) is 73.4 cm³/mol. The second-order valence-corrected chi connectivity index (χ2v) is 3.17. The van der Waals surface area contributed by atoms with Gasteiger partial charge in [0.2, 0.25) is 0 Å². The molecule has 0 amide bonds. The average molecular weight is 225 g/mol. The Labute approximate surface area is 102 Å². The van der Waals surface area contributed by atoms with Crippen molar-refractivity contribution in [3.8, 4) is 0 Å². The van der Waals surface area contributed by atoms with E-state index in [2.05, 4.69) is 21.8 Å². The molecule has 1 rings (SSSR count). The fraction of sp³-hybridized carbons (Fsp3) is 0.0714. The zero-order valence-corrected chi connectivity index (χ0v) is 9.82. The highest BCUT2D eigenvalue weighted by Gasteiger charge is 1.84. The lowest BCUT2D eigenvalue weighted by atomic mass is 10.2. The van der Waals surface area contributed by atoms with Gasteiger partial charge in [0.1, 0.15) is 0 Å². The van der Waals surface area contributed by atoms with E-state index < -0.39 is 0 Å². The van der Waals surface area contributed by atoms with Crippen molar-refractivity contribution < 1.29 is 0 Å². The van der Waals surface area contributed by atoms with Gasteiger partial charge in [-0.15, -0.1) is 0 Å². The lowest BCUT2D eigenvalue weighted by molar-refractivity contribution is 1.26. The minimum Gasteiger partial charge on any atom is -0.265 e. The van der Waals surface area contributed by atoms with Crippen molar-refractivity contribution in [2.24, 2.45) is 10.2 Å². The highest BCUT2D eigenvalue weighted by atomic mass is 15.2. The second kappa shape index (κ2) is 7.93. The zero-order chi connectivity index (χ0) is 12.3. The molecule has 1 aromatic heterocycles. The van der Waals surface area contributed by atoms with E-state index in [0.29, 0.717) is 0 Å². The van der Waals surface area contributed by atoms with Crippen LogP contribution in [0.25, 0.3) is 0 Å². The summed E-state index contributed by atoms with van der Waals surface area (Å²) in [6.07, 6.45) is 14.3. The standard InChI is InChI=1S/C14H15N3/c1-3-5-13(6-4-2)11-16-17-12-14-7-9-15-10-8-14/h3-12H,1H2,2H3/b6-4-,13-5+,16-11+,17-12+. The van der Waals surface area contributed by atoms with Crippen LogP contribution in [0.2, 0.25) is 0 Å². The van der Waals surface area contributed by atoms with Crippen molar-refractivity contribution in [2.75, 3.05) is 0 Å². The molecule has 0 atom stereocenters. The first-order valence-electron chi connectivity index (χ1n) is 5.28. The van der Waals surface area contributed by atoms with E-state index in [4.69, 9.17) is 0 Å². The molecule has 0 bridgehead atoms. The van der Waals surface area contributed by atoms with E-state index in [0.717, 1.165) is 11.1 Å². The molecule has 17 heavy (non-hydrogen) atoms. The summed E-state index contributed by atoms with van der Waals surface area (Å²) in [5, 5.41) is 7.91. The monoisotopic (exact) mass is 225 g/mol. The van der Waals surface area contributed by atoms with Crippen LogP contribution in [0.1, 0.15) is 12.5 Å². The van der Waals surface area contributed by atoms with Crippen LogP contribution in [0.4, 0.5) is 0 Å². The van der Waals surface area contributed by atoms with Crippen LogP contribution in [0.3, 0.4) is 0 Å². The van der Waals surface area contributed by atoms with Gasteiger partial charge in [0, 0.05) is 12.4 Å².